The Labute approximate surface area is 168 Å². The van der Waals surface area contributed by atoms with Gasteiger partial charge in [-0.3, -0.25) is 20.4 Å². The molecule has 2 amide bonds. The van der Waals surface area contributed by atoms with Crippen molar-refractivity contribution in [1.82, 2.24) is 15.6 Å². The van der Waals surface area contributed by atoms with Crippen LogP contribution in [-0.2, 0) is 27.7 Å². The molecule has 28 heavy (non-hydrogen) atoms. The zero-order valence-electron chi connectivity index (χ0n) is 15.8. The van der Waals surface area contributed by atoms with E-state index in [2.05, 4.69) is 15.6 Å². The number of hydrogen-bond donors (Lipinski definition) is 3. The minimum atomic E-state index is -3.70. The summed E-state index contributed by atoms with van der Waals surface area (Å²) in [5.74, 6) is -0.829. The van der Waals surface area contributed by atoms with Crippen LogP contribution in [0.4, 0.5) is 0 Å². The van der Waals surface area contributed by atoms with Gasteiger partial charge in [-0.1, -0.05) is 12.1 Å². The molecule has 1 aliphatic rings. The van der Waals surface area contributed by atoms with E-state index in [0.29, 0.717) is 10.4 Å². The van der Waals surface area contributed by atoms with E-state index in [4.69, 9.17) is 0 Å². The van der Waals surface area contributed by atoms with E-state index >= 15 is 0 Å². The van der Waals surface area contributed by atoms with Crippen molar-refractivity contribution in [3.63, 3.8) is 0 Å². The molecule has 0 aliphatic heterocycles. The van der Waals surface area contributed by atoms with Gasteiger partial charge in [0.2, 0.25) is 15.9 Å². The number of benzene rings is 1. The zero-order valence-corrected chi connectivity index (χ0v) is 17.4. The third-order valence-corrected chi connectivity index (χ3v) is 7.40. The fourth-order valence-corrected chi connectivity index (χ4v) is 5.57. The number of nitrogens with one attached hydrogen (secondary N) is 3. The number of carbonyl (C=O) groups excluding carboxylic acids is 2. The Kier molecular flexibility index (Phi) is 6.17. The Bertz CT molecular complexity index is 991. The molecule has 1 heterocycles. The van der Waals surface area contributed by atoms with Crippen LogP contribution in [0, 0.1) is 13.8 Å². The fraction of sp³-hybridized carbons (Fsp3) is 0.368. The van der Waals surface area contributed by atoms with Gasteiger partial charge in [0.1, 0.15) is 0 Å². The molecule has 0 radical (unpaired) electrons. The van der Waals surface area contributed by atoms with Crippen molar-refractivity contribution in [1.29, 1.82) is 0 Å². The molecule has 1 aromatic heterocycles. The predicted octanol–water partition coefficient (Wildman–Crippen LogP) is 1.98. The lowest BCUT2D eigenvalue weighted by atomic mass is 10.2. The fourth-order valence-electron chi connectivity index (χ4n) is 3.07. The van der Waals surface area contributed by atoms with E-state index in [1.165, 1.54) is 21.8 Å². The monoisotopic (exact) mass is 421 g/mol. The van der Waals surface area contributed by atoms with E-state index in [-0.39, 0.29) is 23.8 Å². The highest BCUT2D eigenvalue weighted by Crippen LogP contribution is 2.30. The molecule has 150 valence electrons. The number of thiophene rings is 1. The first-order valence-electron chi connectivity index (χ1n) is 9.04. The quantitative estimate of drug-likeness (QED) is 0.621. The number of sulfonamides is 1. The van der Waals surface area contributed by atoms with Gasteiger partial charge in [-0.25, -0.2) is 13.1 Å². The maximum atomic E-state index is 12.4. The lowest BCUT2D eigenvalue weighted by Gasteiger charge is -2.10. The molecular formula is C19H23N3O4S2. The smallest absolute Gasteiger partial charge is 0.273 e. The minimum absolute atomic E-state index is 0.0648. The first-order chi connectivity index (χ1) is 13.3. The summed E-state index contributed by atoms with van der Waals surface area (Å²) in [4.78, 5) is 26.0. The molecule has 3 rings (SSSR count). The molecule has 7 nitrogen and oxygen atoms in total. The third kappa shape index (κ3) is 4.78. The minimum Gasteiger partial charge on any atom is -0.273 e. The lowest BCUT2D eigenvalue weighted by Crippen LogP contribution is -2.42. The molecule has 2 aromatic rings. The van der Waals surface area contributed by atoms with Crippen LogP contribution >= 0.6 is 11.3 Å². The molecule has 1 aliphatic carbocycles. The van der Waals surface area contributed by atoms with Crippen LogP contribution in [0.15, 0.2) is 29.2 Å². The van der Waals surface area contributed by atoms with E-state index < -0.39 is 15.9 Å². The van der Waals surface area contributed by atoms with Gasteiger partial charge in [-0.15, -0.1) is 11.3 Å². The maximum Gasteiger partial charge on any atom is 0.279 e. The average molecular weight is 422 g/mol. The molecule has 9 heteroatoms. The number of hydrogen-bond acceptors (Lipinski definition) is 5. The van der Waals surface area contributed by atoms with Crippen LogP contribution in [0.1, 0.15) is 44.1 Å². The van der Waals surface area contributed by atoms with Gasteiger partial charge in [-0.05, 0) is 61.9 Å². The van der Waals surface area contributed by atoms with Gasteiger partial charge >= 0.3 is 0 Å². The van der Waals surface area contributed by atoms with Gasteiger partial charge in [0.25, 0.3) is 5.91 Å². The Morgan fingerprint density at radius 2 is 1.89 bits per heavy atom. The molecule has 0 unspecified atom stereocenters. The number of fused-ring (bicyclic) bond motifs is 1. The van der Waals surface area contributed by atoms with Gasteiger partial charge in [0.05, 0.1) is 9.77 Å². The molecule has 0 spiro atoms. The highest BCUT2D eigenvalue weighted by molar-refractivity contribution is 7.89. The van der Waals surface area contributed by atoms with Crippen molar-refractivity contribution < 1.29 is 18.0 Å². The molecule has 0 atom stereocenters. The van der Waals surface area contributed by atoms with Crippen molar-refractivity contribution in [3.8, 4) is 0 Å². The second-order valence-electron chi connectivity index (χ2n) is 6.83. The van der Waals surface area contributed by atoms with Crippen molar-refractivity contribution in [2.45, 2.75) is 44.4 Å². The van der Waals surface area contributed by atoms with Crippen molar-refractivity contribution >= 4 is 33.2 Å². The molecule has 0 saturated carbocycles. The molecule has 0 fully saturated rings. The van der Waals surface area contributed by atoms with E-state index in [0.717, 1.165) is 24.8 Å². The number of rotatable bonds is 6. The Morgan fingerprint density at radius 1 is 1.11 bits per heavy atom. The molecule has 3 N–H and O–H groups in total. The van der Waals surface area contributed by atoms with Crippen LogP contribution in [0.2, 0.25) is 0 Å². The predicted molar refractivity (Wildman–Crippen MR) is 108 cm³/mol. The Morgan fingerprint density at radius 3 is 2.64 bits per heavy atom. The van der Waals surface area contributed by atoms with Gasteiger partial charge < -0.3 is 0 Å². The number of carbonyl (C=O) groups is 2. The largest absolute Gasteiger partial charge is 0.279 e. The molecule has 1 aromatic carbocycles. The average Bonchev–Trinajstić information content (AvgIpc) is 3.23. The second kappa shape index (κ2) is 8.42. The first kappa shape index (κ1) is 20.5. The molecular weight excluding hydrogens is 398 g/mol. The highest BCUT2D eigenvalue weighted by Gasteiger charge is 2.19. The van der Waals surface area contributed by atoms with E-state index in [1.54, 1.807) is 19.1 Å². The number of aryl methyl sites for hydroxylation is 4. The topological polar surface area (TPSA) is 104 Å². The SMILES string of the molecule is Cc1ccc(C)c(S(=O)(=O)NCCC(=O)NNC(=O)c2cc3c(s2)CCC3)c1. The van der Waals surface area contributed by atoms with Gasteiger partial charge in [-0.2, -0.15) is 0 Å². The summed E-state index contributed by atoms with van der Waals surface area (Å²) in [5.41, 5.74) is 7.39. The van der Waals surface area contributed by atoms with E-state index in [9.17, 15) is 18.0 Å². The molecule has 0 bridgehead atoms. The van der Waals surface area contributed by atoms with Crippen LogP contribution in [-0.4, -0.2) is 26.8 Å². The standard InChI is InChI=1S/C19H23N3O4S2/c1-12-6-7-13(2)17(10-12)28(25,26)20-9-8-18(23)21-22-19(24)16-11-14-4-3-5-15(14)27-16/h6-7,10-11,20H,3-5,8-9H2,1-2H3,(H,21,23)(H,22,24). The Balaban J connectivity index is 1.46. The summed E-state index contributed by atoms with van der Waals surface area (Å²) in [6.07, 6.45) is 3.02. The highest BCUT2D eigenvalue weighted by atomic mass is 32.2. The summed E-state index contributed by atoms with van der Waals surface area (Å²) in [6.45, 7) is 3.47. The molecule has 0 saturated heterocycles. The normalized spacial score (nSPS) is 13.2. The van der Waals surface area contributed by atoms with Crippen LogP contribution in [0.5, 0.6) is 0 Å². The van der Waals surface area contributed by atoms with Crippen molar-refractivity contribution in [2.75, 3.05) is 6.54 Å². The summed E-state index contributed by atoms with van der Waals surface area (Å²) in [6, 6.07) is 7.04. The van der Waals surface area contributed by atoms with Gasteiger partial charge in [0, 0.05) is 17.8 Å². The maximum absolute atomic E-state index is 12.4. The van der Waals surface area contributed by atoms with Crippen LogP contribution in [0.3, 0.4) is 0 Å². The summed E-state index contributed by atoms with van der Waals surface area (Å²) in [7, 11) is -3.70. The zero-order chi connectivity index (χ0) is 20.3. The summed E-state index contributed by atoms with van der Waals surface area (Å²) < 4.78 is 27.2. The summed E-state index contributed by atoms with van der Waals surface area (Å²) >= 11 is 1.45. The lowest BCUT2D eigenvalue weighted by molar-refractivity contribution is -0.121. The van der Waals surface area contributed by atoms with Crippen molar-refractivity contribution in [2.24, 2.45) is 0 Å². The Hall–Kier alpha value is -2.23. The number of hydrazine groups is 1. The summed E-state index contributed by atoms with van der Waals surface area (Å²) in [5, 5.41) is 0. The van der Waals surface area contributed by atoms with Gasteiger partial charge in [0.15, 0.2) is 0 Å². The van der Waals surface area contributed by atoms with Crippen molar-refractivity contribution in [3.05, 3.63) is 50.7 Å². The van der Waals surface area contributed by atoms with Crippen LogP contribution in [0.25, 0.3) is 0 Å². The first-order valence-corrected chi connectivity index (χ1v) is 11.3. The third-order valence-electron chi connectivity index (χ3n) is 4.56. The van der Waals surface area contributed by atoms with E-state index in [1.807, 2.05) is 19.1 Å². The second-order valence-corrected chi connectivity index (χ2v) is 9.70. The number of amides is 2. The van der Waals surface area contributed by atoms with Crippen LogP contribution < -0.4 is 15.6 Å².